The van der Waals surface area contributed by atoms with E-state index < -0.39 is 12.1 Å². The molecule has 1 aliphatic heterocycles. The molecule has 1 saturated heterocycles. The number of methoxy groups -OCH3 is 2. The minimum Gasteiger partial charge on any atom is -0.497 e. The van der Waals surface area contributed by atoms with Gasteiger partial charge in [-0.3, -0.25) is 9.78 Å². The minimum absolute atomic E-state index is 0.0266. The molecular formula is C29H35FN2O4S. The maximum absolute atomic E-state index is 15.5. The second kappa shape index (κ2) is 13.1. The monoisotopic (exact) mass is 526 g/mol. The van der Waals surface area contributed by atoms with Gasteiger partial charge in [0.2, 0.25) is 0 Å². The molecule has 4 rings (SSSR count). The Balaban J connectivity index is 1.33. The van der Waals surface area contributed by atoms with Crippen LogP contribution >= 0.6 is 11.8 Å². The third kappa shape index (κ3) is 7.36. The van der Waals surface area contributed by atoms with Crippen LogP contribution in [0.1, 0.15) is 37.4 Å². The maximum atomic E-state index is 15.5. The average molecular weight is 527 g/mol. The Morgan fingerprint density at radius 2 is 1.89 bits per heavy atom. The molecule has 0 aliphatic carbocycles. The lowest BCUT2D eigenvalue weighted by Gasteiger charge is -2.38. The van der Waals surface area contributed by atoms with Crippen molar-refractivity contribution >= 4 is 28.6 Å². The Kier molecular flexibility index (Phi) is 9.63. The number of hydrogen-bond acceptors (Lipinski definition) is 6. The van der Waals surface area contributed by atoms with Crippen molar-refractivity contribution in [2.75, 3.05) is 39.6 Å². The Morgan fingerprint density at radius 3 is 2.62 bits per heavy atom. The number of ether oxygens (including phenoxy) is 2. The molecule has 2 heterocycles. The van der Waals surface area contributed by atoms with E-state index in [1.807, 2.05) is 30.3 Å². The van der Waals surface area contributed by atoms with Crippen LogP contribution in [-0.4, -0.2) is 60.6 Å². The first-order valence-electron chi connectivity index (χ1n) is 12.7. The summed E-state index contributed by atoms with van der Waals surface area (Å²) in [5.74, 6) is 1.89. The van der Waals surface area contributed by atoms with Crippen LogP contribution in [0.25, 0.3) is 10.9 Å². The highest BCUT2D eigenvalue weighted by molar-refractivity contribution is 7.99. The van der Waals surface area contributed by atoms with Gasteiger partial charge in [-0.15, -0.1) is 11.8 Å². The lowest BCUT2D eigenvalue weighted by Crippen LogP contribution is -2.42. The summed E-state index contributed by atoms with van der Waals surface area (Å²) in [5.41, 5.74) is 1.36. The fourth-order valence-electron chi connectivity index (χ4n) is 5.22. The van der Waals surface area contributed by atoms with Gasteiger partial charge in [-0.25, -0.2) is 4.39 Å². The molecule has 0 radical (unpaired) electrons. The van der Waals surface area contributed by atoms with E-state index in [9.17, 15) is 9.90 Å². The molecule has 1 fully saturated rings. The van der Waals surface area contributed by atoms with E-state index in [-0.39, 0.29) is 18.3 Å². The summed E-state index contributed by atoms with van der Waals surface area (Å²) in [6.07, 6.45) is 2.56. The van der Waals surface area contributed by atoms with Crippen LogP contribution in [0, 0.1) is 11.8 Å². The molecule has 1 N–H and O–H groups in total. The van der Waals surface area contributed by atoms with Crippen molar-refractivity contribution < 1.29 is 23.8 Å². The average Bonchev–Trinajstić information content (AvgIpc) is 2.91. The van der Waals surface area contributed by atoms with Gasteiger partial charge < -0.3 is 19.5 Å². The molecule has 3 aromatic rings. The Labute approximate surface area is 222 Å². The summed E-state index contributed by atoms with van der Waals surface area (Å²) >= 11 is 1.79. The number of piperidine rings is 1. The van der Waals surface area contributed by atoms with E-state index in [1.165, 1.54) is 4.90 Å². The third-order valence-corrected chi connectivity index (χ3v) is 8.25. The summed E-state index contributed by atoms with van der Waals surface area (Å²) in [4.78, 5) is 19.5. The number of rotatable bonds is 12. The van der Waals surface area contributed by atoms with Gasteiger partial charge in [-0.05, 0) is 91.7 Å². The van der Waals surface area contributed by atoms with Gasteiger partial charge in [-0.1, -0.05) is 0 Å². The number of thioether (sulfide) groups is 1. The number of alkyl halides is 1. The van der Waals surface area contributed by atoms with E-state index in [4.69, 9.17) is 9.47 Å². The quantitative estimate of drug-likeness (QED) is 0.280. The first-order chi connectivity index (χ1) is 18.0. The van der Waals surface area contributed by atoms with Crippen molar-refractivity contribution in [3.8, 4) is 11.5 Å². The number of nitrogens with zero attached hydrogens (tertiary/aromatic N) is 2. The van der Waals surface area contributed by atoms with Crippen LogP contribution in [0.4, 0.5) is 4.39 Å². The second-order valence-electron chi connectivity index (χ2n) is 9.56. The van der Waals surface area contributed by atoms with E-state index in [1.54, 1.807) is 38.2 Å². The van der Waals surface area contributed by atoms with Gasteiger partial charge in [0.1, 0.15) is 17.7 Å². The molecular weight excluding hydrogens is 491 g/mol. The van der Waals surface area contributed by atoms with Crippen LogP contribution in [0.5, 0.6) is 11.5 Å². The van der Waals surface area contributed by atoms with Gasteiger partial charge in [0.15, 0.2) is 0 Å². The number of aromatic nitrogens is 1. The molecule has 1 aromatic heterocycles. The van der Waals surface area contributed by atoms with E-state index in [2.05, 4.69) is 22.0 Å². The number of likely N-dealkylation sites (tertiary alicyclic amines) is 1. The number of fused-ring (bicyclic) bond motifs is 1. The Morgan fingerprint density at radius 1 is 1.14 bits per heavy atom. The van der Waals surface area contributed by atoms with E-state index >= 15 is 4.39 Å². The topological polar surface area (TPSA) is 71.9 Å². The largest absolute Gasteiger partial charge is 0.497 e. The van der Waals surface area contributed by atoms with E-state index in [0.29, 0.717) is 24.2 Å². The number of aliphatic carboxylic acids is 1. The lowest BCUT2D eigenvalue weighted by molar-refractivity contribution is -0.139. The minimum atomic E-state index is -1.14. The molecule has 1 aliphatic rings. The first-order valence-corrected chi connectivity index (χ1v) is 13.7. The standard InChI is InChI=1S/C29H35FN2O4S/c1-35-22-4-7-24(8-5-22)37-16-15-32-14-12-20(21(19-32)17-29(33)34)3-9-27(30)25-11-13-31-28-10-6-23(36-2)18-26(25)28/h4-8,10-11,13,18,20-21,27H,3,9,12,14-17,19H2,1-2H3,(H,33,34)/t20-,21+,27?/m1/s1. The molecule has 6 nitrogen and oxygen atoms in total. The van der Waals surface area contributed by atoms with Gasteiger partial charge in [0.25, 0.3) is 0 Å². The normalized spacial score (nSPS) is 19.0. The fourth-order valence-corrected chi connectivity index (χ4v) is 6.14. The molecule has 0 bridgehead atoms. The van der Waals surface area contributed by atoms with Gasteiger partial charge in [0.05, 0.1) is 19.7 Å². The number of benzene rings is 2. The molecule has 198 valence electrons. The lowest BCUT2D eigenvalue weighted by atomic mass is 9.79. The van der Waals surface area contributed by atoms with Crippen LogP contribution in [0.3, 0.4) is 0 Å². The summed E-state index contributed by atoms with van der Waals surface area (Å²) in [7, 11) is 3.25. The van der Waals surface area contributed by atoms with Gasteiger partial charge >= 0.3 is 5.97 Å². The molecule has 0 spiro atoms. The number of halogens is 1. The predicted octanol–water partition coefficient (Wildman–Crippen LogP) is 6.25. The molecule has 8 heteroatoms. The van der Waals surface area contributed by atoms with Crippen molar-refractivity contribution in [2.45, 2.75) is 36.8 Å². The Hall–Kier alpha value is -2.84. The van der Waals surface area contributed by atoms with Crippen LogP contribution in [0.15, 0.2) is 59.6 Å². The highest BCUT2D eigenvalue weighted by Crippen LogP contribution is 2.36. The molecule has 1 unspecified atom stereocenters. The first kappa shape index (κ1) is 27.2. The summed E-state index contributed by atoms with van der Waals surface area (Å²) in [6, 6.07) is 15.3. The number of pyridine rings is 1. The van der Waals surface area contributed by atoms with Crippen LogP contribution in [-0.2, 0) is 4.79 Å². The highest BCUT2D eigenvalue weighted by Gasteiger charge is 2.31. The molecule has 0 saturated carbocycles. The smallest absolute Gasteiger partial charge is 0.303 e. The van der Waals surface area contributed by atoms with Crippen molar-refractivity contribution in [3.05, 3.63) is 60.3 Å². The van der Waals surface area contributed by atoms with Crippen molar-refractivity contribution in [1.82, 2.24) is 9.88 Å². The second-order valence-corrected chi connectivity index (χ2v) is 10.7. The van der Waals surface area contributed by atoms with Gasteiger partial charge in [-0.2, -0.15) is 0 Å². The molecule has 37 heavy (non-hydrogen) atoms. The fraction of sp³-hybridized carbons (Fsp3) is 0.448. The summed E-state index contributed by atoms with van der Waals surface area (Å²) in [5, 5.41) is 10.3. The highest BCUT2D eigenvalue weighted by atomic mass is 32.2. The maximum Gasteiger partial charge on any atom is 0.303 e. The molecule has 3 atom stereocenters. The van der Waals surface area contributed by atoms with Crippen LogP contribution in [0.2, 0.25) is 0 Å². The zero-order valence-corrected chi connectivity index (χ0v) is 22.3. The predicted molar refractivity (Wildman–Crippen MR) is 145 cm³/mol. The van der Waals surface area contributed by atoms with Crippen molar-refractivity contribution in [1.29, 1.82) is 0 Å². The van der Waals surface area contributed by atoms with Crippen molar-refractivity contribution in [3.63, 3.8) is 0 Å². The number of carboxylic acid groups (broad SMARTS) is 1. The summed E-state index contributed by atoms with van der Waals surface area (Å²) < 4.78 is 26.0. The van der Waals surface area contributed by atoms with Crippen molar-refractivity contribution in [2.24, 2.45) is 11.8 Å². The molecule has 0 amide bonds. The zero-order valence-electron chi connectivity index (χ0n) is 21.4. The van der Waals surface area contributed by atoms with Gasteiger partial charge in [0, 0.05) is 41.7 Å². The zero-order chi connectivity index (χ0) is 26.2. The number of hydrogen-bond donors (Lipinski definition) is 1. The van der Waals surface area contributed by atoms with E-state index in [0.717, 1.165) is 48.5 Å². The third-order valence-electron chi connectivity index (χ3n) is 7.26. The number of carbonyl (C=O) groups is 1. The SMILES string of the molecule is COc1ccc(SCCN2CC[C@@H](CCC(F)c3ccnc4ccc(OC)cc34)[C@@H](CC(=O)O)C2)cc1. The molecule has 2 aromatic carbocycles. The Bertz CT molecular complexity index is 1180. The summed E-state index contributed by atoms with van der Waals surface area (Å²) in [6.45, 7) is 2.55. The number of carboxylic acids is 1. The van der Waals surface area contributed by atoms with Crippen LogP contribution < -0.4 is 9.47 Å².